The molecule has 126 valence electrons. The highest BCUT2D eigenvalue weighted by atomic mass is 16.5. The number of amides is 1. The highest BCUT2D eigenvalue weighted by Crippen LogP contribution is 2.39. The summed E-state index contributed by atoms with van der Waals surface area (Å²) in [5.41, 5.74) is 2.80. The van der Waals surface area contributed by atoms with Crippen LogP contribution in [-0.2, 0) is 14.3 Å². The van der Waals surface area contributed by atoms with E-state index in [1.165, 1.54) is 0 Å². The third kappa shape index (κ3) is 2.92. The fourth-order valence-electron chi connectivity index (χ4n) is 2.88. The van der Waals surface area contributed by atoms with Gasteiger partial charge in [0.25, 0.3) is 5.91 Å². The van der Waals surface area contributed by atoms with Crippen LogP contribution in [0.15, 0.2) is 12.1 Å². The fraction of sp³-hybridized carbons (Fsp3) is 0.556. The summed E-state index contributed by atoms with van der Waals surface area (Å²) >= 11 is 0. The van der Waals surface area contributed by atoms with E-state index < -0.39 is 11.5 Å². The van der Waals surface area contributed by atoms with Crippen LogP contribution in [0.4, 0.5) is 11.4 Å². The Morgan fingerprint density at radius 3 is 2.43 bits per heavy atom. The standard InChI is InChI=1S/C18H26N2O3/c1-7-13-16(21)20(18(5,6)17(22)23-8-2)15-10-12(4)11(3)9-14(15)19-13/h9-10,13,19H,7-8H2,1-6H3. The lowest BCUT2D eigenvalue weighted by Gasteiger charge is -2.43. The van der Waals surface area contributed by atoms with Gasteiger partial charge in [0.15, 0.2) is 0 Å². The van der Waals surface area contributed by atoms with Crippen molar-refractivity contribution in [1.82, 2.24) is 0 Å². The molecule has 1 amide bonds. The first-order valence-electron chi connectivity index (χ1n) is 8.13. The molecule has 5 nitrogen and oxygen atoms in total. The van der Waals surface area contributed by atoms with E-state index in [1.807, 2.05) is 32.9 Å². The van der Waals surface area contributed by atoms with E-state index in [4.69, 9.17) is 4.74 Å². The Bertz CT molecular complexity index is 637. The first-order valence-corrected chi connectivity index (χ1v) is 8.13. The number of rotatable bonds is 4. The summed E-state index contributed by atoms with van der Waals surface area (Å²) in [7, 11) is 0. The molecular formula is C18H26N2O3. The van der Waals surface area contributed by atoms with Crippen LogP contribution in [0, 0.1) is 13.8 Å². The van der Waals surface area contributed by atoms with Crippen molar-refractivity contribution >= 4 is 23.3 Å². The van der Waals surface area contributed by atoms with Crippen LogP contribution in [0.25, 0.3) is 0 Å². The fourth-order valence-corrected chi connectivity index (χ4v) is 2.88. The van der Waals surface area contributed by atoms with Gasteiger partial charge < -0.3 is 10.1 Å². The number of hydrogen-bond donors (Lipinski definition) is 1. The second kappa shape index (κ2) is 6.22. The molecule has 1 aromatic carbocycles. The molecule has 0 aromatic heterocycles. The predicted molar refractivity (Wildman–Crippen MR) is 91.8 cm³/mol. The first kappa shape index (κ1) is 17.3. The van der Waals surface area contributed by atoms with Crippen molar-refractivity contribution in [2.24, 2.45) is 0 Å². The smallest absolute Gasteiger partial charge is 0.331 e. The Labute approximate surface area is 138 Å². The van der Waals surface area contributed by atoms with Crippen LogP contribution in [0.5, 0.6) is 0 Å². The zero-order chi connectivity index (χ0) is 17.4. The maximum absolute atomic E-state index is 12.9. The van der Waals surface area contributed by atoms with E-state index in [0.717, 1.165) is 22.5 Å². The summed E-state index contributed by atoms with van der Waals surface area (Å²) in [4.78, 5) is 27.0. The van der Waals surface area contributed by atoms with E-state index in [0.29, 0.717) is 13.0 Å². The molecule has 2 rings (SSSR count). The number of carbonyl (C=O) groups is 2. The molecule has 0 saturated heterocycles. The number of hydrogen-bond acceptors (Lipinski definition) is 4. The lowest BCUT2D eigenvalue weighted by molar-refractivity contribution is -0.149. The zero-order valence-electron chi connectivity index (χ0n) is 14.8. The quantitative estimate of drug-likeness (QED) is 0.866. The van der Waals surface area contributed by atoms with Crippen LogP contribution in [-0.4, -0.2) is 30.1 Å². The number of carbonyl (C=O) groups excluding carboxylic acids is 2. The summed E-state index contributed by atoms with van der Waals surface area (Å²) in [6.07, 6.45) is 0.653. The highest BCUT2D eigenvalue weighted by molar-refractivity contribution is 6.10. The average Bonchev–Trinajstić information content (AvgIpc) is 2.48. The number of benzene rings is 1. The summed E-state index contributed by atoms with van der Waals surface area (Å²) in [6, 6.07) is 3.66. The molecule has 1 aromatic rings. The normalized spacial score (nSPS) is 17.6. The number of nitrogens with zero attached hydrogens (tertiary/aromatic N) is 1. The molecule has 1 aliphatic rings. The molecule has 5 heteroatoms. The van der Waals surface area contributed by atoms with Gasteiger partial charge in [-0.25, -0.2) is 4.79 Å². The van der Waals surface area contributed by atoms with Gasteiger partial charge in [-0.05, 0) is 64.3 Å². The van der Waals surface area contributed by atoms with Crippen LogP contribution in [0.2, 0.25) is 0 Å². The third-order valence-electron chi connectivity index (χ3n) is 4.44. The Kier molecular flexibility index (Phi) is 4.68. The largest absolute Gasteiger partial charge is 0.464 e. The second-order valence-corrected chi connectivity index (χ2v) is 6.51. The number of anilines is 2. The molecule has 23 heavy (non-hydrogen) atoms. The molecule has 1 aliphatic heterocycles. The van der Waals surface area contributed by atoms with E-state index in [9.17, 15) is 9.59 Å². The second-order valence-electron chi connectivity index (χ2n) is 6.51. The van der Waals surface area contributed by atoms with Gasteiger partial charge in [-0.3, -0.25) is 9.69 Å². The van der Waals surface area contributed by atoms with Gasteiger partial charge in [-0.2, -0.15) is 0 Å². The molecule has 1 atom stereocenters. The van der Waals surface area contributed by atoms with Crippen molar-refractivity contribution in [1.29, 1.82) is 0 Å². The third-order valence-corrected chi connectivity index (χ3v) is 4.44. The van der Waals surface area contributed by atoms with E-state index in [-0.39, 0.29) is 11.9 Å². The minimum atomic E-state index is -1.06. The molecule has 0 spiro atoms. The number of ether oxygens (including phenoxy) is 1. The minimum Gasteiger partial charge on any atom is -0.464 e. The molecule has 0 radical (unpaired) electrons. The zero-order valence-corrected chi connectivity index (χ0v) is 14.8. The van der Waals surface area contributed by atoms with Crippen molar-refractivity contribution in [3.05, 3.63) is 23.3 Å². The Morgan fingerprint density at radius 2 is 1.87 bits per heavy atom. The van der Waals surface area contributed by atoms with Crippen molar-refractivity contribution < 1.29 is 14.3 Å². The van der Waals surface area contributed by atoms with Crippen molar-refractivity contribution in [3.63, 3.8) is 0 Å². The van der Waals surface area contributed by atoms with Crippen molar-refractivity contribution in [2.45, 2.75) is 59.5 Å². The maximum Gasteiger partial charge on any atom is 0.331 e. The Hall–Kier alpha value is -2.04. The monoisotopic (exact) mass is 318 g/mol. The number of nitrogens with one attached hydrogen (secondary N) is 1. The first-order chi connectivity index (χ1) is 10.7. The molecule has 0 fully saturated rings. The lowest BCUT2D eigenvalue weighted by atomic mass is 9.94. The average molecular weight is 318 g/mol. The van der Waals surface area contributed by atoms with Crippen molar-refractivity contribution in [3.8, 4) is 0 Å². The van der Waals surface area contributed by atoms with Crippen LogP contribution < -0.4 is 10.2 Å². The molecule has 1 unspecified atom stereocenters. The van der Waals surface area contributed by atoms with Gasteiger partial charge in [0.05, 0.1) is 18.0 Å². The summed E-state index contributed by atoms with van der Waals surface area (Å²) in [5.74, 6) is -0.490. The predicted octanol–water partition coefficient (Wildman–Crippen LogP) is 3.18. The summed E-state index contributed by atoms with van der Waals surface area (Å²) in [5, 5.41) is 3.29. The van der Waals surface area contributed by atoms with Crippen LogP contribution >= 0.6 is 0 Å². The van der Waals surface area contributed by atoms with Gasteiger partial charge in [-0.15, -0.1) is 0 Å². The minimum absolute atomic E-state index is 0.0960. The molecule has 0 bridgehead atoms. The number of aryl methyl sites for hydroxylation is 2. The number of fused-ring (bicyclic) bond motifs is 1. The molecule has 0 saturated carbocycles. The van der Waals surface area contributed by atoms with Gasteiger partial charge >= 0.3 is 5.97 Å². The van der Waals surface area contributed by atoms with E-state index >= 15 is 0 Å². The molecule has 0 aliphatic carbocycles. The topological polar surface area (TPSA) is 58.6 Å². The van der Waals surface area contributed by atoms with Gasteiger partial charge in [0.1, 0.15) is 11.6 Å². The van der Waals surface area contributed by atoms with Gasteiger partial charge in [0, 0.05) is 0 Å². The maximum atomic E-state index is 12.9. The van der Waals surface area contributed by atoms with Crippen LogP contribution in [0.1, 0.15) is 45.2 Å². The SMILES string of the molecule is CCOC(=O)C(C)(C)N1C(=O)C(CC)Nc2cc(C)c(C)cc21. The lowest BCUT2D eigenvalue weighted by Crippen LogP contribution is -2.60. The Morgan fingerprint density at radius 1 is 1.26 bits per heavy atom. The molecule has 1 heterocycles. The summed E-state index contributed by atoms with van der Waals surface area (Å²) in [6.45, 7) is 11.5. The number of esters is 1. The molecular weight excluding hydrogens is 292 g/mol. The van der Waals surface area contributed by atoms with Crippen LogP contribution in [0.3, 0.4) is 0 Å². The van der Waals surface area contributed by atoms with Gasteiger partial charge in [-0.1, -0.05) is 6.92 Å². The Balaban J connectivity index is 2.59. The van der Waals surface area contributed by atoms with Gasteiger partial charge in [0.2, 0.25) is 0 Å². The van der Waals surface area contributed by atoms with Crippen molar-refractivity contribution in [2.75, 3.05) is 16.8 Å². The van der Waals surface area contributed by atoms with E-state index in [2.05, 4.69) is 5.32 Å². The summed E-state index contributed by atoms with van der Waals surface area (Å²) < 4.78 is 5.19. The van der Waals surface area contributed by atoms with E-state index in [1.54, 1.807) is 25.7 Å². The molecule has 1 N–H and O–H groups in total. The highest BCUT2D eigenvalue weighted by Gasteiger charge is 2.45.